The maximum absolute atomic E-state index is 4.44. The molecule has 1 N–H and O–H groups in total. The highest BCUT2D eigenvalue weighted by Gasteiger charge is 2.28. The van der Waals surface area contributed by atoms with E-state index in [0.717, 1.165) is 16.8 Å². The van der Waals surface area contributed by atoms with Crippen LogP contribution in [0.4, 0.5) is 5.82 Å². The van der Waals surface area contributed by atoms with Crippen molar-refractivity contribution in [3.05, 3.63) is 22.3 Å². The van der Waals surface area contributed by atoms with Gasteiger partial charge in [-0.15, -0.1) is 0 Å². The normalized spacial score (nSPS) is 19.8. The quantitative estimate of drug-likeness (QED) is 0.928. The summed E-state index contributed by atoms with van der Waals surface area (Å²) < 4.78 is 1.05. The molecule has 2 rings (SSSR count). The van der Waals surface area contributed by atoms with Crippen molar-refractivity contribution in [3.8, 4) is 0 Å². The van der Waals surface area contributed by atoms with Crippen molar-refractivity contribution < 1.29 is 0 Å². The van der Waals surface area contributed by atoms with Crippen LogP contribution in [0.3, 0.4) is 0 Å². The Morgan fingerprint density at radius 2 is 2.11 bits per heavy atom. The summed E-state index contributed by atoms with van der Waals surface area (Å²) >= 11 is 3.57. The number of nitrogens with zero attached hydrogens (tertiary/aromatic N) is 2. The summed E-state index contributed by atoms with van der Waals surface area (Å²) in [6.07, 6.45) is 4.41. The smallest absolute Gasteiger partial charge is 0.140 e. The van der Waals surface area contributed by atoms with Crippen molar-refractivity contribution in [3.63, 3.8) is 0 Å². The Morgan fingerprint density at radius 3 is 2.72 bits per heavy atom. The lowest BCUT2D eigenvalue weighted by Gasteiger charge is -2.38. The van der Waals surface area contributed by atoms with Crippen molar-refractivity contribution in [2.45, 2.75) is 26.7 Å². The largest absolute Gasteiger partial charge is 0.369 e. The first-order chi connectivity index (χ1) is 8.48. The maximum atomic E-state index is 4.44. The lowest BCUT2D eigenvalue weighted by Crippen LogP contribution is -2.40. The van der Waals surface area contributed by atoms with Gasteiger partial charge in [0.1, 0.15) is 5.82 Å². The standard InChI is InChI=1S/C14H22BrN3/c1-11-8-12(15)13(16-9-11)17-10-14(2)4-6-18(3)7-5-14/h8-9H,4-7,10H2,1-3H3,(H,16,17). The van der Waals surface area contributed by atoms with Gasteiger partial charge in [-0.1, -0.05) is 6.92 Å². The zero-order valence-corrected chi connectivity index (χ0v) is 13.0. The first-order valence-corrected chi connectivity index (χ1v) is 7.32. The molecular weight excluding hydrogens is 290 g/mol. The number of anilines is 1. The van der Waals surface area contributed by atoms with E-state index in [2.05, 4.69) is 58.1 Å². The van der Waals surface area contributed by atoms with Gasteiger partial charge >= 0.3 is 0 Å². The highest BCUT2D eigenvalue weighted by Crippen LogP contribution is 2.31. The molecule has 0 bridgehead atoms. The molecule has 0 atom stereocenters. The minimum absolute atomic E-state index is 0.387. The number of piperidine rings is 1. The number of nitrogens with one attached hydrogen (secondary N) is 1. The van der Waals surface area contributed by atoms with E-state index in [1.165, 1.54) is 31.5 Å². The summed E-state index contributed by atoms with van der Waals surface area (Å²) in [7, 11) is 2.20. The average Bonchev–Trinajstić information content (AvgIpc) is 2.32. The lowest BCUT2D eigenvalue weighted by molar-refractivity contribution is 0.150. The van der Waals surface area contributed by atoms with Crippen LogP contribution < -0.4 is 5.32 Å². The second-order valence-corrected chi connectivity index (χ2v) is 6.66. The Morgan fingerprint density at radius 1 is 1.44 bits per heavy atom. The zero-order valence-electron chi connectivity index (χ0n) is 11.5. The molecule has 3 nitrogen and oxygen atoms in total. The summed E-state index contributed by atoms with van der Waals surface area (Å²) in [5.41, 5.74) is 1.57. The third-order valence-electron chi connectivity index (χ3n) is 3.85. The van der Waals surface area contributed by atoms with Crippen molar-refractivity contribution in [2.75, 3.05) is 32.0 Å². The molecule has 1 aromatic heterocycles. The lowest BCUT2D eigenvalue weighted by atomic mass is 9.80. The molecule has 4 heteroatoms. The molecule has 0 saturated carbocycles. The van der Waals surface area contributed by atoms with E-state index in [-0.39, 0.29) is 0 Å². The molecule has 0 spiro atoms. The summed E-state index contributed by atoms with van der Waals surface area (Å²) in [5.74, 6) is 0.959. The fraction of sp³-hybridized carbons (Fsp3) is 0.643. The van der Waals surface area contributed by atoms with E-state index in [1.54, 1.807) is 0 Å². The van der Waals surface area contributed by atoms with Crippen LogP contribution in [-0.4, -0.2) is 36.6 Å². The van der Waals surface area contributed by atoms with Crippen LogP contribution in [0, 0.1) is 12.3 Å². The Balaban J connectivity index is 1.94. The Labute approximate surface area is 118 Å². The molecule has 0 amide bonds. The number of hydrogen-bond donors (Lipinski definition) is 1. The predicted molar refractivity (Wildman–Crippen MR) is 80.0 cm³/mol. The molecule has 18 heavy (non-hydrogen) atoms. The zero-order chi connectivity index (χ0) is 13.2. The molecule has 0 unspecified atom stereocenters. The van der Waals surface area contributed by atoms with Gasteiger partial charge in [0.15, 0.2) is 0 Å². The Hall–Kier alpha value is -0.610. The van der Waals surface area contributed by atoms with Crippen molar-refractivity contribution in [1.29, 1.82) is 0 Å². The topological polar surface area (TPSA) is 28.2 Å². The molecule has 100 valence electrons. The third-order valence-corrected chi connectivity index (χ3v) is 4.46. The molecule has 1 fully saturated rings. The molecule has 1 aliphatic rings. The third kappa shape index (κ3) is 3.45. The first-order valence-electron chi connectivity index (χ1n) is 6.53. The second-order valence-electron chi connectivity index (χ2n) is 5.81. The molecule has 0 aliphatic carbocycles. The van der Waals surface area contributed by atoms with Crippen LogP contribution in [-0.2, 0) is 0 Å². The molecule has 1 aliphatic heterocycles. The van der Waals surface area contributed by atoms with Gasteiger partial charge in [0.2, 0.25) is 0 Å². The summed E-state index contributed by atoms with van der Waals surface area (Å²) in [4.78, 5) is 6.84. The number of aromatic nitrogens is 1. The highest BCUT2D eigenvalue weighted by molar-refractivity contribution is 9.10. The van der Waals surface area contributed by atoms with Gasteiger partial charge in [-0.25, -0.2) is 4.98 Å². The molecule has 1 saturated heterocycles. The first kappa shape index (κ1) is 13.8. The van der Waals surface area contributed by atoms with Crippen molar-refractivity contribution in [2.24, 2.45) is 5.41 Å². The monoisotopic (exact) mass is 311 g/mol. The van der Waals surface area contributed by atoms with Gasteiger partial charge in [-0.05, 0) is 72.9 Å². The van der Waals surface area contributed by atoms with Crippen molar-refractivity contribution >= 4 is 21.7 Å². The summed E-state index contributed by atoms with van der Waals surface area (Å²) in [6, 6.07) is 2.10. The number of aryl methyl sites for hydroxylation is 1. The number of rotatable bonds is 3. The number of pyridine rings is 1. The minimum Gasteiger partial charge on any atom is -0.369 e. The fourth-order valence-corrected chi connectivity index (χ4v) is 2.90. The van der Waals surface area contributed by atoms with Gasteiger partial charge in [0.05, 0.1) is 4.47 Å². The maximum Gasteiger partial charge on any atom is 0.140 e. The summed E-state index contributed by atoms with van der Waals surface area (Å²) in [5, 5.41) is 3.49. The van der Waals surface area contributed by atoms with Crippen LogP contribution in [0.25, 0.3) is 0 Å². The molecule has 0 aromatic carbocycles. The van der Waals surface area contributed by atoms with Crippen molar-refractivity contribution in [1.82, 2.24) is 9.88 Å². The predicted octanol–water partition coefficient (Wildman–Crippen LogP) is 3.30. The number of likely N-dealkylation sites (tertiary alicyclic amines) is 1. The van der Waals surface area contributed by atoms with E-state index in [1.807, 2.05) is 6.20 Å². The highest BCUT2D eigenvalue weighted by atomic mass is 79.9. The van der Waals surface area contributed by atoms with Gasteiger partial charge in [-0.2, -0.15) is 0 Å². The van der Waals surface area contributed by atoms with E-state index < -0.39 is 0 Å². The van der Waals surface area contributed by atoms with E-state index >= 15 is 0 Å². The Bertz CT molecular complexity index is 412. The van der Waals surface area contributed by atoms with Crippen LogP contribution >= 0.6 is 15.9 Å². The van der Waals surface area contributed by atoms with Gasteiger partial charge < -0.3 is 10.2 Å². The average molecular weight is 312 g/mol. The molecule has 0 radical (unpaired) electrons. The van der Waals surface area contributed by atoms with Crippen LogP contribution in [0.15, 0.2) is 16.7 Å². The van der Waals surface area contributed by atoms with Crippen LogP contribution in [0.2, 0.25) is 0 Å². The molecule has 2 heterocycles. The summed E-state index contributed by atoms with van der Waals surface area (Å²) in [6.45, 7) is 7.81. The number of halogens is 1. The van der Waals surface area contributed by atoms with Crippen LogP contribution in [0.5, 0.6) is 0 Å². The Kier molecular flexibility index (Phi) is 4.28. The van der Waals surface area contributed by atoms with E-state index in [9.17, 15) is 0 Å². The minimum atomic E-state index is 0.387. The second kappa shape index (κ2) is 5.57. The van der Waals surface area contributed by atoms with E-state index in [0.29, 0.717) is 5.41 Å². The van der Waals surface area contributed by atoms with Crippen LogP contribution in [0.1, 0.15) is 25.3 Å². The van der Waals surface area contributed by atoms with Gasteiger partial charge in [-0.3, -0.25) is 0 Å². The fourth-order valence-electron chi connectivity index (χ4n) is 2.30. The molecule has 1 aromatic rings. The number of hydrogen-bond acceptors (Lipinski definition) is 3. The molecular formula is C14H22BrN3. The van der Waals surface area contributed by atoms with Gasteiger partial charge in [0, 0.05) is 12.7 Å². The van der Waals surface area contributed by atoms with E-state index in [4.69, 9.17) is 0 Å². The van der Waals surface area contributed by atoms with Gasteiger partial charge in [0.25, 0.3) is 0 Å². The SMILES string of the molecule is Cc1cnc(NCC2(C)CCN(C)CC2)c(Br)c1.